The van der Waals surface area contributed by atoms with E-state index in [0.29, 0.717) is 19.4 Å². The van der Waals surface area contributed by atoms with Crippen LogP contribution >= 0.6 is 0 Å². The molecule has 6 nitrogen and oxygen atoms in total. The van der Waals surface area contributed by atoms with E-state index in [4.69, 9.17) is 9.16 Å². The standard InChI is InChI=1S/C18H37NO5Si/c1-16(2,3)23-15(22)19-12-14(11-18(19,13-21)9-10-20)24-25(7,8)17(4,5)6/h14,20-21H,9-13H2,1-8H3/t14-,18+/m1/s1. The fourth-order valence-corrected chi connectivity index (χ4v) is 4.27. The van der Waals surface area contributed by atoms with Gasteiger partial charge in [0.15, 0.2) is 8.32 Å². The number of hydrogen-bond donors (Lipinski definition) is 2. The normalized spacial score (nSPS) is 25.4. The summed E-state index contributed by atoms with van der Waals surface area (Å²) in [6.45, 7) is 16.4. The molecule has 0 aliphatic carbocycles. The largest absolute Gasteiger partial charge is 0.444 e. The summed E-state index contributed by atoms with van der Waals surface area (Å²) in [6, 6.07) is 0. The van der Waals surface area contributed by atoms with Crippen molar-refractivity contribution in [3.8, 4) is 0 Å². The van der Waals surface area contributed by atoms with Crippen molar-refractivity contribution in [3.63, 3.8) is 0 Å². The Bertz CT molecular complexity index is 469. The van der Waals surface area contributed by atoms with Gasteiger partial charge in [0.25, 0.3) is 0 Å². The molecule has 0 bridgehead atoms. The monoisotopic (exact) mass is 375 g/mol. The van der Waals surface area contributed by atoms with Crippen LogP contribution in [0, 0.1) is 0 Å². The first-order chi connectivity index (χ1) is 11.2. The van der Waals surface area contributed by atoms with Crippen molar-refractivity contribution < 1.29 is 24.2 Å². The van der Waals surface area contributed by atoms with Crippen LogP contribution in [0.3, 0.4) is 0 Å². The van der Waals surface area contributed by atoms with Crippen LogP contribution in [0.25, 0.3) is 0 Å². The van der Waals surface area contributed by atoms with Gasteiger partial charge >= 0.3 is 6.09 Å². The average Bonchev–Trinajstić information content (AvgIpc) is 2.74. The van der Waals surface area contributed by atoms with Gasteiger partial charge in [-0.25, -0.2) is 4.79 Å². The molecule has 0 aromatic rings. The molecule has 0 radical (unpaired) electrons. The number of carbonyl (C=O) groups is 1. The van der Waals surface area contributed by atoms with Gasteiger partial charge in [0, 0.05) is 13.2 Å². The van der Waals surface area contributed by atoms with Crippen molar-refractivity contribution >= 4 is 14.4 Å². The molecule has 7 heteroatoms. The highest BCUT2D eigenvalue weighted by atomic mass is 28.4. The highest BCUT2D eigenvalue weighted by Gasteiger charge is 2.51. The highest BCUT2D eigenvalue weighted by Crippen LogP contribution is 2.41. The Morgan fingerprint density at radius 3 is 2.16 bits per heavy atom. The van der Waals surface area contributed by atoms with Gasteiger partial charge < -0.3 is 19.4 Å². The van der Waals surface area contributed by atoms with Gasteiger partial charge in [0.1, 0.15) is 5.60 Å². The van der Waals surface area contributed by atoms with E-state index in [9.17, 15) is 15.0 Å². The molecule has 0 aromatic carbocycles. The predicted molar refractivity (Wildman–Crippen MR) is 101 cm³/mol. The van der Waals surface area contributed by atoms with Gasteiger partial charge in [0.2, 0.25) is 0 Å². The van der Waals surface area contributed by atoms with E-state index in [1.54, 1.807) is 4.90 Å². The predicted octanol–water partition coefficient (Wildman–Crippen LogP) is 3.13. The fraction of sp³-hybridized carbons (Fsp3) is 0.944. The Labute approximate surface area is 153 Å². The number of hydrogen-bond acceptors (Lipinski definition) is 5. The van der Waals surface area contributed by atoms with E-state index >= 15 is 0 Å². The molecule has 2 N–H and O–H groups in total. The van der Waals surface area contributed by atoms with Crippen LogP contribution in [0.15, 0.2) is 0 Å². The molecule has 1 aliphatic heterocycles. The summed E-state index contributed by atoms with van der Waals surface area (Å²) in [5.41, 5.74) is -1.44. The number of likely N-dealkylation sites (tertiary alicyclic amines) is 1. The minimum Gasteiger partial charge on any atom is -0.444 e. The maximum atomic E-state index is 12.7. The molecule has 1 saturated heterocycles. The van der Waals surface area contributed by atoms with Crippen LogP contribution in [-0.4, -0.2) is 66.5 Å². The second-order valence-electron chi connectivity index (χ2n) is 9.65. The number of carbonyl (C=O) groups excluding carboxylic acids is 1. The molecule has 0 aromatic heterocycles. The Morgan fingerprint density at radius 2 is 1.76 bits per heavy atom. The molecular formula is C18H37NO5Si. The molecule has 25 heavy (non-hydrogen) atoms. The van der Waals surface area contributed by atoms with E-state index in [-0.39, 0.29) is 24.4 Å². The van der Waals surface area contributed by atoms with Crippen molar-refractivity contribution in [2.45, 2.75) is 89.8 Å². The lowest BCUT2D eigenvalue weighted by Gasteiger charge is -2.38. The van der Waals surface area contributed by atoms with Crippen LogP contribution in [0.2, 0.25) is 18.1 Å². The third-order valence-corrected chi connectivity index (χ3v) is 9.85. The van der Waals surface area contributed by atoms with Crippen LogP contribution in [0.4, 0.5) is 4.79 Å². The molecule has 148 valence electrons. The number of ether oxygens (including phenoxy) is 1. The first kappa shape index (κ1) is 22.4. The molecule has 1 fully saturated rings. The van der Waals surface area contributed by atoms with Gasteiger partial charge in [-0.3, -0.25) is 4.90 Å². The summed E-state index contributed by atoms with van der Waals surface area (Å²) in [4.78, 5) is 14.2. The second kappa shape index (κ2) is 7.54. The summed E-state index contributed by atoms with van der Waals surface area (Å²) in [5, 5.41) is 19.6. The SMILES string of the molecule is CC(C)(C)OC(=O)N1C[C@H](O[Si](C)(C)C(C)(C)C)C[C@]1(CO)CCO. The van der Waals surface area contributed by atoms with Gasteiger partial charge in [-0.1, -0.05) is 20.8 Å². The van der Waals surface area contributed by atoms with Crippen molar-refractivity contribution in [1.29, 1.82) is 0 Å². The molecule has 2 atom stereocenters. The lowest BCUT2D eigenvalue weighted by atomic mass is 9.93. The molecular weight excluding hydrogens is 338 g/mol. The second-order valence-corrected chi connectivity index (χ2v) is 14.4. The van der Waals surface area contributed by atoms with Gasteiger partial charge in [-0.2, -0.15) is 0 Å². The van der Waals surface area contributed by atoms with Crippen LogP contribution in [0.5, 0.6) is 0 Å². The van der Waals surface area contributed by atoms with Crippen molar-refractivity contribution in [1.82, 2.24) is 4.90 Å². The first-order valence-corrected chi connectivity index (χ1v) is 12.0. The molecule has 1 amide bonds. The quantitative estimate of drug-likeness (QED) is 0.722. The summed E-state index contributed by atoms with van der Waals surface area (Å²) in [6.07, 6.45) is 0.194. The van der Waals surface area contributed by atoms with E-state index < -0.39 is 25.6 Å². The zero-order valence-corrected chi connectivity index (χ0v) is 18.2. The maximum absolute atomic E-state index is 12.7. The van der Waals surface area contributed by atoms with Crippen LogP contribution in [-0.2, 0) is 9.16 Å². The zero-order chi connectivity index (χ0) is 19.7. The van der Waals surface area contributed by atoms with Crippen LogP contribution < -0.4 is 0 Å². The molecule has 0 unspecified atom stereocenters. The lowest BCUT2D eigenvalue weighted by molar-refractivity contribution is -0.0108. The van der Waals surface area contributed by atoms with Gasteiger partial charge in [-0.05, 0) is 51.7 Å². The third-order valence-electron chi connectivity index (χ3n) is 5.32. The van der Waals surface area contributed by atoms with Gasteiger partial charge in [-0.15, -0.1) is 0 Å². The zero-order valence-electron chi connectivity index (χ0n) is 17.2. The van der Waals surface area contributed by atoms with Gasteiger partial charge in [0.05, 0.1) is 18.2 Å². The number of amides is 1. The van der Waals surface area contributed by atoms with E-state index in [0.717, 1.165) is 0 Å². The van der Waals surface area contributed by atoms with E-state index in [1.807, 2.05) is 20.8 Å². The highest BCUT2D eigenvalue weighted by molar-refractivity contribution is 6.74. The van der Waals surface area contributed by atoms with Crippen molar-refractivity contribution in [2.75, 3.05) is 19.8 Å². The molecule has 0 saturated carbocycles. The summed E-state index contributed by atoms with van der Waals surface area (Å²) in [7, 11) is -2.00. The third kappa shape index (κ3) is 5.42. The minimum absolute atomic E-state index is 0.0607. The van der Waals surface area contributed by atoms with Crippen molar-refractivity contribution in [3.05, 3.63) is 0 Å². The molecule has 1 aliphatic rings. The molecule has 1 rings (SSSR count). The topological polar surface area (TPSA) is 79.2 Å². The average molecular weight is 376 g/mol. The van der Waals surface area contributed by atoms with Crippen LogP contribution in [0.1, 0.15) is 54.4 Å². The first-order valence-electron chi connectivity index (χ1n) is 9.08. The number of rotatable bonds is 5. The van der Waals surface area contributed by atoms with Crippen molar-refractivity contribution in [2.24, 2.45) is 0 Å². The number of aliphatic hydroxyl groups is 2. The fourth-order valence-electron chi connectivity index (χ4n) is 2.93. The number of aliphatic hydroxyl groups excluding tert-OH is 2. The Kier molecular flexibility index (Phi) is 6.76. The lowest BCUT2D eigenvalue weighted by Crippen LogP contribution is -2.52. The molecule has 1 heterocycles. The molecule has 0 spiro atoms. The van der Waals surface area contributed by atoms with E-state index in [2.05, 4.69) is 33.9 Å². The Morgan fingerprint density at radius 1 is 1.20 bits per heavy atom. The minimum atomic E-state index is -2.00. The van der Waals surface area contributed by atoms with E-state index in [1.165, 1.54) is 0 Å². The summed E-state index contributed by atoms with van der Waals surface area (Å²) < 4.78 is 12.0. The summed E-state index contributed by atoms with van der Waals surface area (Å²) >= 11 is 0. The number of nitrogens with zero attached hydrogens (tertiary/aromatic N) is 1. The Balaban J connectivity index is 3.04. The summed E-state index contributed by atoms with van der Waals surface area (Å²) in [5.74, 6) is 0. The Hall–Kier alpha value is -0.633. The smallest absolute Gasteiger partial charge is 0.410 e. The maximum Gasteiger partial charge on any atom is 0.410 e.